The van der Waals surface area contributed by atoms with Crippen LogP contribution < -0.4 is 10.9 Å². The van der Waals surface area contributed by atoms with Crippen molar-refractivity contribution in [2.75, 3.05) is 0 Å². The zero-order valence-electron chi connectivity index (χ0n) is 10.7. The summed E-state index contributed by atoms with van der Waals surface area (Å²) in [6.45, 7) is 8.53. The smallest absolute Gasteiger partial charge is 0.259 e. The summed E-state index contributed by atoms with van der Waals surface area (Å²) in [5.74, 6) is -0.200. The van der Waals surface area contributed by atoms with Crippen molar-refractivity contribution in [2.45, 2.75) is 26.9 Å². The Morgan fingerprint density at radius 1 is 1.61 bits per heavy atom. The number of nitrogens with one attached hydrogen (secondary N) is 1. The molecule has 96 valence electrons. The van der Waals surface area contributed by atoms with Gasteiger partial charge < -0.3 is 9.88 Å². The summed E-state index contributed by atoms with van der Waals surface area (Å²) in [6, 6.07) is 1.40. The third kappa shape index (κ3) is 2.23. The van der Waals surface area contributed by atoms with Gasteiger partial charge in [-0.1, -0.05) is 26.5 Å². The second-order valence-electron chi connectivity index (χ2n) is 4.75. The van der Waals surface area contributed by atoms with E-state index >= 15 is 0 Å². The molecule has 0 radical (unpaired) electrons. The highest BCUT2D eigenvalue weighted by atomic mass is 19.1. The lowest BCUT2D eigenvalue weighted by Gasteiger charge is -2.14. The number of hydrogen-bond acceptors (Lipinski definition) is 2. The topological polar surface area (TPSA) is 34.0 Å². The van der Waals surface area contributed by atoms with Crippen LogP contribution in [0.3, 0.4) is 0 Å². The molecule has 0 aliphatic carbocycles. The second kappa shape index (κ2) is 4.80. The largest absolute Gasteiger partial charge is 0.384 e. The van der Waals surface area contributed by atoms with E-state index in [0.717, 1.165) is 5.70 Å². The highest BCUT2D eigenvalue weighted by Crippen LogP contribution is 2.13. The minimum absolute atomic E-state index is 0.171. The average molecular weight is 248 g/mol. The van der Waals surface area contributed by atoms with Crippen LogP contribution in [0.25, 0.3) is 6.08 Å². The minimum atomic E-state index is -0.457. The molecule has 0 amide bonds. The maximum atomic E-state index is 13.8. The van der Waals surface area contributed by atoms with Gasteiger partial charge in [-0.25, -0.2) is 4.39 Å². The zero-order chi connectivity index (χ0) is 13.3. The molecule has 2 heterocycles. The first-order valence-corrected chi connectivity index (χ1v) is 6.02. The Morgan fingerprint density at radius 2 is 2.33 bits per heavy atom. The van der Waals surface area contributed by atoms with Crippen molar-refractivity contribution in [3.63, 3.8) is 0 Å². The Hall–Kier alpha value is -1.84. The van der Waals surface area contributed by atoms with Crippen LogP contribution in [-0.4, -0.2) is 4.57 Å². The average Bonchev–Trinajstić information content (AvgIpc) is 2.76. The van der Waals surface area contributed by atoms with Gasteiger partial charge in [0.05, 0.1) is 5.56 Å². The highest BCUT2D eigenvalue weighted by Gasteiger charge is 2.15. The SMILES string of the molecule is C=C(NCc1c(F)cc2n(c1=O)CC=C2)C(C)C. The van der Waals surface area contributed by atoms with Crippen LogP contribution in [0, 0.1) is 11.7 Å². The first-order valence-electron chi connectivity index (χ1n) is 6.02. The third-order valence-corrected chi connectivity index (χ3v) is 3.14. The van der Waals surface area contributed by atoms with E-state index in [1.54, 1.807) is 10.6 Å². The zero-order valence-corrected chi connectivity index (χ0v) is 10.7. The van der Waals surface area contributed by atoms with Crippen molar-refractivity contribution in [1.29, 1.82) is 0 Å². The molecule has 0 aromatic carbocycles. The van der Waals surface area contributed by atoms with E-state index in [2.05, 4.69) is 11.9 Å². The summed E-state index contributed by atoms with van der Waals surface area (Å²) < 4.78 is 15.4. The van der Waals surface area contributed by atoms with Crippen molar-refractivity contribution in [1.82, 2.24) is 9.88 Å². The predicted octanol–water partition coefficient (Wildman–Crippen LogP) is 2.27. The fraction of sp³-hybridized carbons (Fsp3) is 0.357. The molecule has 0 unspecified atom stereocenters. The standard InChI is InChI=1S/C14H17FN2O/c1-9(2)10(3)16-8-12-13(15)7-11-5-4-6-17(11)14(12)18/h4-5,7,9,16H,3,6,8H2,1-2H3. The van der Waals surface area contributed by atoms with E-state index in [0.29, 0.717) is 12.2 Å². The molecule has 3 nitrogen and oxygen atoms in total. The Kier molecular flexibility index (Phi) is 3.36. The molecular weight excluding hydrogens is 231 g/mol. The number of fused-ring (bicyclic) bond motifs is 1. The molecule has 0 spiro atoms. The molecule has 1 N–H and O–H groups in total. The van der Waals surface area contributed by atoms with E-state index in [4.69, 9.17) is 0 Å². The van der Waals surface area contributed by atoms with E-state index in [1.165, 1.54) is 6.07 Å². The van der Waals surface area contributed by atoms with Crippen molar-refractivity contribution in [3.8, 4) is 0 Å². The summed E-state index contributed by atoms with van der Waals surface area (Å²) in [4.78, 5) is 12.1. The summed E-state index contributed by atoms with van der Waals surface area (Å²) in [7, 11) is 0. The first-order chi connectivity index (χ1) is 8.50. The normalized spacial score (nSPS) is 12.9. The molecule has 0 atom stereocenters. The number of halogens is 1. The van der Waals surface area contributed by atoms with E-state index in [9.17, 15) is 9.18 Å². The van der Waals surface area contributed by atoms with E-state index < -0.39 is 5.82 Å². The maximum absolute atomic E-state index is 13.8. The molecular formula is C14H17FN2O. The molecule has 1 aromatic rings. The molecule has 0 saturated heterocycles. The number of nitrogens with zero attached hydrogens (tertiary/aromatic N) is 1. The lowest BCUT2D eigenvalue weighted by Crippen LogP contribution is -2.29. The van der Waals surface area contributed by atoms with Crippen LogP contribution >= 0.6 is 0 Å². The van der Waals surface area contributed by atoms with E-state index in [-0.39, 0.29) is 23.6 Å². The van der Waals surface area contributed by atoms with Gasteiger partial charge in [0.1, 0.15) is 5.82 Å². The van der Waals surface area contributed by atoms with Gasteiger partial charge in [-0.15, -0.1) is 0 Å². The van der Waals surface area contributed by atoms with Gasteiger partial charge in [0.2, 0.25) is 0 Å². The Labute approximate surface area is 106 Å². The van der Waals surface area contributed by atoms with Crippen molar-refractivity contribution < 1.29 is 4.39 Å². The predicted molar refractivity (Wildman–Crippen MR) is 70.5 cm³/mol. The van der Waals surface area contributed by atoms with Gasteiger partial charge in [0, 0.05) is 24.5 Å². The van der Waals surface area contributed by atoms with Crippen LogP contribution in [-0.2, 0) is 13.1 Å². The van der Waals surface area contributed by atoms with Crippen LogP contribution in [0.15, 0.2) is 29.2 Å². The molecule has 0 fully saturated rings. The molecule has 18 heavy (non-hydrogen) atoms. The van der Waals surface area contributed by atoms with Crippen LogP contribution in [0.4, 0.5) is 4.39 Å². The van der Waals surface area contributed by atoms with Crippen molar-refractivity contribution in [3.05, 3.63) is 51.8 Å². The van der Waals surface area contributed by atoms with Crippen molar-refractivity contribution in [2.24, 2.45) is 5.92 Å². The molecule has 2 rings (SSSR count). The summed E-state index contributed by atoms with van der Waals surface area (Å²) >= 11 is 0. The molecule has 1 aliphatic rings. The van der Waals surface area contributed by atoms with E-state index in [1.807, 2.05) is 19.9 Å². The molecule has 1 aliphatic heterocycles. The van der Waals surface area contributed by atoms with Crippen molar-refractivity contribution >= 4 is 6.08 Å². The fourth-order valence-corrected chi connectivity index (χ4v) is 1.85. The Morgan fingerprint density at radius 3 is 3.00 bits per heavy atom. The molecule has 4 heteroatoms. The van der Waals surface area contributed by atoms with Crippen LogP contribution in [0.1, 0.15) is 25.1 Å². The summed E-state index contributed by atoms with van der Waals surface area (Å²) in [6.07, 6.45) is 3.61. The number of hydrogen-bond donors (Lipinski definition) is 1. The molecule has 1 aromatic heterocycles. The van der Waals surface area contributed by atoms with Gasteiger partial charge in [-0.2, -0.15) is 0 Å². The lowest BCUT2D eigenvalue weighted by atomic mass is 10.1. The quantitative estimate of drug-likeness (QED) is 0.887. The monoisotopic (exact) mass is 248 g/mol. The van der Waals surface area contributed by atoms with Gasteiger partial charge in [0.25, 0.3) is 5.56 Å². The summed E-state index contributed by atoms with van der Waals surface area (Å²) in [5.41, 5.74) is 1.34. The number of rotatable bonds is 4. The van der Waals surface area contributed by atoms with Gasteiger partial charge in [0.15, 0.2) is 0 Å². The molecule has 0 saturated carbocycles. The Bertz CT molecular complexity index is 570. The van der Waals surface area contributed by atoms with Gasteiger partial charge >= 0.3 is 0 Å². The highest BCUT2D eigenvalue weighted by molar-refractivity contribution is 5.49. The summed E-state index contributed by atoms with van der Waals surface area (Å²) in [5, 5.41) is 3.00. The maximum Gasteiger partial charge on any atom is 0.259 e. The van der Waals surface area contributed by atoms with Gasteiger partial charge in [-0.3, -0.25) is 4.79 Å². The lowest BCUT2D eigenvalue weighted by molar-refractivity contribution is 0.571. The van der Waals surface area contributed by atoms with Gasteiger partial charge in [-0.05, 0) is 18.1 Å². The number of allylic oxidation sites excluding steroid dienone is 2. The first kappa shape index (κ1) is 12.6. The third-order valence-electron chi connectivity index (χ3n) is 3.14. The second-order valence-corrected chi connectivity index (χ2v) is 4.75. The number of pyridine rings is 1. The Balaban J connectivity index is 2.25. The number of aromatic nitrogens is 1. The van der Waals surface area contributed by atoms with Crippen LogP contribution in [0.2, 0.25) is 0 Å². The van der Waals surface area contributed by atoms with Crippen LogP contribution in [0.5, 0.6) is 0 Å². The minimum Gasteiger partial charge on any atom is -0.384 e. The fourth-order valence-electron chi connectivity index (χ4n) is 1.85. The molecule has 0 bridgehead atoms.